The summed E-state index contributed by atoms with van der Waals surface area (Å²) in [5, 5.41) is 14.5. The Morgan fingerprint density at radius 3 is 2.45 bits per heavy atom. The van der Waals surface area contributed by atoms with Gasteiger partial charge in [0.25, 0.3) is 0 Å². The van der Waals surface area contributed by atoms with Gasteiger partial charge >= 0.3 is 0 Å². The highest BCUT2D eigenvalue weighted by Crippen LogP contribution is 2.30. The van der Waals surface area contributed by atoms with E-state index in [0.29, 0.717) is 18.3 Å². The quantitative estimate of drug-likeness (QED) is 0.319. The molecule has 6 heteroatoms. The molecule has 2 aromatic carbocycles. The van der Waals surface area contributed by atoms with Crippen LogP contribution in [-0.2, 0) is 19.4 Å². The number of hydrogen-bond acceptors (Lipinski definition) is 4. The molecule has 0 bridgehead atoms. The molecule has 0 radical (unpaired) electrons. The lowest BCUT2D eigenvalue weighted by Crippen LogP contribution is -2.09. The summed E-state index contributed by atoms with van der Waals surface area (Å²) in [5.41, 5.74) is 7.49. The lowest BCUT2D eigenvalue weighted by Gasteiger charge is -2.13. The number of carbonyl (C=O) groups excluding carboxylic acids is 1. The lowest BCUT2D eigenvalue weighted by atomic mass is 9.98. The largest absolute Gasteiger partial charge is 0.338 e. The van der Waals surface area contributed by atoms with Crippen molar-refractivity contribution in [3.63, 3.8) is 0 Å². The van der Waals surface area contributed by atoms with Crippen LogP contribution >= 0.6 is 0 Å². The molecule has 0 spiro atoms. The monoisotopic (exact) mass is 441 g/mol. The average molecular weight is 442 g/mol. The SMILES string of the molecule is CCCCc1cc(CC(C)C)c(C=O)n1Cc1ccc(-c2ccccc2-c2nn[nH]n2)cc1. The summed E-state index contributed by atoms with van der Waals surface area (Å²) in [5.74, 6) is 1.09. The number of aromatic amines is 1. The summed E-state index contributed by atoms with van der Waals surface area (Å²) in [7, 11) is 0. The number of tetrazole rings is 1. The van der Waals surface area contributed by atoms with Crippen LogP contribution in [-0.4, -0.2) is 31.5 Å². The summed E-state index contributed by atoms with van der Waals surface area (Å²) in [6.07, 6.45) is 5.20. The van der Waals surface area contributed by atoms with Crippen molar-refractivity contribution in [2.45, 2.75) is 53.0 Å². The van der Waals surface area contributed by atoms with E-state index in [-0.39, 0.29) is 0 Å². The van der Waals surface area contributed by atoms with Gasteiger partial charge in [0.2, 0.25) is 5.82 Å². The minimum Gasteiger partial charge on any atom is -0.338 e. The number of carbonyl (C=O) groups is 1. The number of nitrogens with zero attached hydrogens (tertiary/aromatic N) is 4. The molecule has 2 aromatic heterocycles. The standard InChI is InChI=1S/C27H31N5O/c1-4-5-8-23-16-22(15-19(2)3)26(18-33)32(23)17-20-11-13-21(14-12-20)24-9-6-7-10-25(24)27-28-30-31-29-27/h6-7,9-14,16,18-19H,4-5,8,15,17H2,1-3H3,(H,28,29,30,31). The molecule has 33 heavy (non-hydrogen) atoms. The fourth-order valence-corrected chi connectivity index (χ4v) is 4.35. The molecule has 0 aliphatic heterocycles. The fourth-order valence-electron chi connectivity index (χ4n) is 4.35. The molecule has 2 heterocycles. The van der Waals surface area contributed by atoms with E-state index in [2.05, 4.69) is 82.4 Å². The molecule has 0 atom stereocenters. The molecule has 4 rings (SSSR count). The number of hydrogen-bond donors (Lipinski definition) is 1. The Balaban J connectivity index is 1.64. The van der Waals surface area contributed by atoms with Crippen LogP contribution < -0.4 is 0 Å². The third-order valence-electron chi connectivity index (χ3n) is 5.95. The van der Waals surface area contributed by atoms with E-state index in [4.69, 9.17) is 0 Å². The van der Waals surface area contributed by atoms with Gasteiger partial charge in [-0.3, -0.25) is 4.79 Å². The summed E-state index contributed by atoms with van der Waals surface area (Å²) in [6, 6.07) is 18.8. The molecule has 6 nitrogen and oxygen atoms in total. The van der Waals surface area contributed by atoms with Crippen molar-refractivity contribution in [1.82, 2.24) is 25.2 Å². The number of aromatic nitrogens is 5. The second kappa shape index (κ2) is 10.4. The van der Waals surface area contributed by atoms with E-state index < -0.39 is 0 Å². The van der Waals surface area contributed by atoms with Crippen LogP contribution in [0.4, 0.5) is 0 Å². The maximum absolute atomic E-state index is 12.1. The van der Waals surface area contributed by atoms with Gasteiger partial charge in [-0.1, -0.05) is 75.7 Å². The number of H-pyrrole nitrogens is 1. The zero-order chi connectivity index (χ0) is 23.2. The number of benzene rings is 2. The number of aldehydes is 1. The molecule has 0 fully saturated rings. The van der Waals surface area contributed by atoms with Gasteiger partial charge in [-0.2, -0.15) is 5.21 Å². The van der Waals surface area contributed by atoms with Gasteiger partial charge in [0.1, 0.15) is 0 Å². The molecular weight excluding hydrogens is 410 g/mol. The summed E-state index contributed by atoms with van der Waals surface area (Å²) < 4.78 is 2.21. The van der Waals surface area contributed by atoms with E-state index in [1.807, 2.05) is 18.2 Å². The number of rotatable bonds is 10. The fraction of sp³-hybridized carbons (Fsp3) is 0.333. The van der Waals surface area contributed by atoms with Gasteiger partial charge in [0.15, 0.2) is 6.29 Å². The molecular formula is C27H31N5O. The topological polar surface area (TPSA) is 76.5 Å². The first kappa shape index (κ1) is 22.6. The van der Waals surface area contributed by atoms with Crippen molar-refractivity contribution in [3.05, 3.63) is 77.1 Å². The lowest BCUT2D eigenvalue weighted by molar-refractivity contribution is 0.111. The molecule has 0 saturated heterocycles. The third-order valence-corrected chi connectivity index (χ3v) is 5.95. The Kier molecular flexibility index (Phi) is 7.13. The first-order valence-electron chi connectivity index (χ1n) is 11.7. The Labute approximate surface area is 195 Å². The first-order chi connectivity index (χ1) is 16.1. The van der Waals surface area contributed by atoms with Gasteiger partial charge in [0, 0.05) is 17.8 Å². The summed E-state index contributed by atoms with van der Waals surface area (Å²) >= 11 is 0. The third kappa shape index (κ3) is 5.11. The van der Waals surface area contributed by atoms with Gasteiger partial charge in [-0.25, -0.2) is 0 Å². The van der Waals surface area contributed by atoms with E-state index in [9.17, 15) is 4.79 Å². The molecule has 170 valence electrons. The summed E-state index contributed by atoms with van der Waals surface area (Å²) in [4.78, 5) is 12.1. The Bertz CT molecular complexity index is 1190. The van der Waals surface area contributed by atoms with Crippen LogP contribution in [0.15, 0.2) is 54.6 Å². The predicted molar refractivity (Wildman–Crippen MR) is 131 cm³/mol. The van der Waals surface area contributed by atoms with Gasteiger partial charge < -0.3 is 4.57 Å². The predicted octanol–water partition coefficient (Wildman–Crippen LogP) is 5.74. The van der Waals surface area contributed by atoms with Crippen LogP contribution in [0.25, 0.3) is 22.5 Å². The Hall–Kier alpha value is -3.54. The van der Waals surface area contributed by atoms with Crippen molar-refractivity contribution in [2.75, 3.05) is 0 Å². The van der Waals surface area contributed by atoms with Crippen LogP contribution in [0.5, 0.6) is 0 Å². The van der Waals surface area contributed by atoms with Crippen molar-refractivity contribution < 1.29 is 4.79 Å². The van der Waals surface area contributed by atoms with Gasteiger partial charge in [0.05, 0.1) is 5.69 Å². The second-order valence-electron chi connectivity index (χ2n) is 8.93. The first-order valence-corrected chi connectivity index (χ1v) is 11.7. The van der Waals surface area contributed by atoms with Crippen LogP contribution in [0, 0.1) is 5.92 Å². The van der Waals surface area contributed by atoms with Crippen molar-refractivity contribution in [3.8, 4) is 22.5 Å². The van der Waals surface area contributed by atoms with E-state index in [0.717, 1.165) is 59.9 Å². The molecule has 0 aliphatic carbocycles. The molecule has 1 N–H and O–H groups in total. The smallest absolute Gasteiger partial charge is 0.205 e. The van der Waals surface area contributed by atoms with E-state index >= 15 is 0 Å². The maximum atomic E-state index is 12.1. The Morgan fingerprint density at radius 1 is 1.06 bits per heavy atom. The zero-order valence-corrected chi connectivity index (χ0v) is 19.6. The van der Waals surface area contributed by atoms with Gasteiger partial charge in [-0.15, -0.1) is 10.2 Å². The minimum atomic E-state index is 0.511. The van der Waals surface area contributed by atoms with E-state index in [1.165, 1.54) is 11.3 Å². The molecule has 0 saturated carbocycles. The average Bonchev–Trinajstić information content (AvgIpc) is 3.46. The molecule has 0 amide bonds. The van der Waals surface area contributed by atoms with Crippen molar-refractivity contribution in [2.24, 2.45) is 5.92 Å². The molecule has 0 aliphatic rings. The normalized spacial score (nSPS) is 11.3. The number of nitrogens with one attached hydrogen (secondary N) is 1. The maximum Gasteiger partial charge on any atom is 0.205 e. The highest BCUT2D eigenvalue weighted by atomic mass is 16.1. The summed E-state index contributed by atoms with van der Waals surface area (Å²) in [6.45, 7) is 7.29. The van der Waals surface area contributed by atoms with E-state index in [1.54, 1.807) is 0 Å². The van der Waals surface area contributed by atoms with Crippen LogP contribution in [0.2, 0.25) is 0 Å². The highest BCUT2D eigenvalue weighted by Gasteiger charge is 2.16. The number of unbranched alkanes of at least 4 members (excludes halogenated alkanes) is 1. The zero-order valence-electron chi connectivity index (χ0n) is 19.6. The van der Waals surface area contributed by atoms with Crippen molar-refractivity contribution >= 4 is 6.29 Å². The minimum absolute atomic E-state index is 0.511. The highest BCUT2D eigenvalue weighted by molar-refractivity contribution is 5.80. The second-order valence-corrected chi connectivity index (χ2v) is 8.93. The Morgan fingerprint density at radius 2 is 1.82 bits per heavy atom. The molecule has 0 unspecified atom stereocenters. The van der Waals surface area contributed by atoms with Crippen LogP contribution in [0.3, 0.4) is 0 Å². The number of aryl methyl sites for hydroxylation is 1. The van der Waals surface area contributed by atoms with Crippen LogP contribution in [0.1, 0.15) is 60.9 Å². The van der Waals surface area contributed by atoms with Crippen molar-refractivity contribution in [1.29, 1.82) is 0 Å². The van der Waals surface area contributed by atoms with Gasteiger partial charge in [-0.05, 0) is 58.7 Å². The molecule has 4 aromatic rings.